The molecule has 1 aliphatic carbocycles. The maximum absolute atomic E-state index is 12.0. The molecule has 4 amide bonds. The molecule has 1 saturated heterocycles. The van der Waals surface area contributed by atoms with Crippen LogP contribution in [0.2, 0.25) is 0 Å². The molecule has 3 N–H and O–H groups in total. The van der Waals surface area contributed by atoms with Crippen molar-refractivity contribution in [2.24, 2.45) is 0 Å². The van der Waals surface area contributed by atoms with Gasteiger partial charge in [0.2, 0.25) is 5.91 Å². The van der Waals surface area contributed by atoms with Crippen LogP contribution in [0.4, 0.5) is 4.79 Å². The van der Waals surface area contributed by atoms with Crippen LogP contribution in [-0.2, 0) is 14.4 Å². The van der Waals surface area contributed by atoms with Gasteiger partial charge in [0.15, 0.2) is 0 Å². The summed E-state index contributed by atoms with van der Waals surface area (Å²) in [5, 5.41) is 14.3. The van der Waals surface area contributed by atoms with Gasteiger partial charge in [0.1, 0.15) is 12.1 Å². The lowest BCUT2D eigenvalue weighted by atomic mass is 9.90. The van der Waals surface area contributed by atoms with Crippen molar-refractivity contribution in [2.75, 3.05) is 13.1 Å². The summed E-state index contributed by atoms with van der Waals surface area (Å²) in [7, 11) is 0. The summed E-state index contributed by atoms with van der Waals surface area (Å²) in [6.45, 7) is -0.574. The standard InChI is InChI=1S/C13H19N3O5/c17-9(8-16-10(18)7-14-12(16)21)15-13(11(19)20)5-3-1-2-4-6-13/h1-8H2,(H,14,21)(H,15,17)(H,19,20). The number of hydrogen-bond donors (Lipinski definition) is 3. The van der Waals surface area contributed by atoms with Crippen molar-refractivity contribution in [3.8, 4) is 0 Å². The molecule has 21 heavy (non-hydrogen) atoms. The summed E-state index contributed by atoms with van der Waals surface area (Å²) in [5.41, 5.74) is -1.28. The number of aliphatic carboxylic acids is 1. The monoisotopic (exact) mass is 297 g/mol. The molecule has 1 aliphatic heterocycles. The van der Waals surface area contributed by atoms with E-state index in [2.05, 4.69) is 10.6 Å². The van der Waals surface area contributed by atoms with Crippen molar-refractivity contribution >= 4 is 23.8 Å². The van der Waals surface area contributed by atoms with Crippen molar-refractivity contribution < 1.29 is 24.3 Å². The highest BCUT2D eigenvalue weighted by atomic mass is 16.4. The molecular formula is C13H19N3O5. The van der Waals surface area contributed by atoms with Crippen molar-refractivity contribution in [3.05, 3.63) is 0 Å². The average Bonchev–Trinajstić information content (AvgIpc) is 2.66. The van der Waals surface area contributed by atoms with E-state index in [-0.39, 0.29) is 6.54 Å². The molecule has 0 spiro atoms. The van der Waals surface area contributed by atoms with E-state index < -0.39 is 35.9 Å². The van der Waals surface area contributed by atoms with Gasteiger partial charge in [-0.1, -0.05) is 25.7 Å². The van der Waals surface area contributed by atoms with Crippen LogP contribution in [-0.4, -0.2) is 52.4 Å². The fraction of sp³-hybridized carbons (Fsp3) is 0.692. The number of imide groups is 1. The Bertz CT molecular complexity index is 452. The van der Waals surface area contributed by atoms with Crippen LogP contribution in [0.25, 0.3) is 0 Å². The lowest BCUT2D eigenvalue weighted by molar-refractivity contribution is -0.148. The van der Waals surface area contributed by atoms with Crippen molar-refractivity contribution in [3.63, 3.8) is 0 Å². The highest BCUT2D eigenvalue weighted by Gasteiger charge is 2.41. The molecule has 2 fully saturated rings. The van der Waals surface area contributed by atoms with Gasteiger partial charge in [-0.25, -0.2) is 9.59 Å². The minimum Gasteiger partial charge on any atom is -0.480 e. The maximum Gasteiger partial charge on any atom is 0.329 e. The fourth-order valence-electron chi connectivity index (χ4n) is 2.79. The van der Waals surface area contributed by atoms with E-state index in [1.54, 1.807) is 0 Å². The molecule has 0 bridgehead atoms. The van der Waals surface area contributed by atoms with Crippen LogP contribution in [0.5, 0.6) is 0 Å². The summed E-state index contributed by atoms with van der Waals surface area (Å²) in [5.74, 6) is -2.17. The second-order valence-corrected chi connectivity index (χ2v) is 5.49. The van der Waals surface area contributed by atoms with E-state index >= 15 is 0 Å². The zero-order valence-electron chi connectivity index (χ0n) is 11.7. The highest BCUT2D eigenvalue weighted by molar-refractivity contribution is 6.04. The number of rotatable bonds is 4. The Morgan fingerprint density at radius 3 is 2.29 bits per heavy atom. The number of nitrogens with zero attached hydrogens (tertiary/aromatic N) is 1. The lowest BCUT2D eigenvalue weighted by Gasteiger charge is -2.29. The second kappa shape index (κ2) is 6.11. The van der Waals surface area contributed by atoms with E-state index in [0.29, 0.717) is 12.8 Å². The third-order valence-corrected chi connectivity index (χ3v) is 3.98. The van der Waals surface area contributed by atoms with Gasteiger partial charge in [-0.2, -0.15) is 0 Å². The van der Waals surface area contributed by atoms with Gasteiger partial charge < -0.3 is 15.7 Å². The van der Waals surface area contributed by atoms with Crippen LogP contribution in [0, 0.1) is 0 Å². The normalized spacial score (nSPS) is 21.6. The van der Waals surface area contributed by atoms with E-state index in [0.717, 1.165) is 30.6 Å². The molecular weight excluding hydrogens is 278 g/mol. The van der Waals surface area contributed by atoms with Crippen LogP contribution in [0.15, 0.2) is 0 Å². The third kappa shape index (κ3) is 3.32. The Kier molecular flexibility index (Phi) is 4.44. The molecule has 0 atom stereocenters. The first kappa shape index (κ1) is 15.3. The zero-order chi connectivity index (χ0) is 15.5. The first-order chi connectivity index (χ1) is 9.94. The fourth-order valence-corrected chi connectivity index (χ4v) is 2.79. The summed E-state index contributed by atoms with van der Waals surface area (Å²) in [6.07, 6.45) is 4.09. The van der Waals surface area contributed by atoms with Crippen molar-refractivity contribution in [1.82, 2.24) is 15.5 Å². The molecule has 1 saturated carbocycles. The number of hydrogen-bond acceptors (Lipinski definition) is 4. The number of carbonyl (C=O) groups excluding carboxylic acids is 3. The van der Waals surface area contributed by atoms with E-state index in [1.165, 1.54) is 0 Å². The Balaban J connectivity index is 2.03. The molecule has 1 heterocycles. The zero-order valence-corrected chi connectivity index (χ0v) is 11.7. The summed E-state index contributed by atoms with van der Waals surface area (Å²) < 4.78 is 0. The van der Waals surface area contributed by atoms with Crippen LogP contribution < -0.4 is 10.6 Å². The molecule has 0 radical (unpaired) electrons. The van der Waals surface area contributed by atoms with E-state index in [9.17, 15) is 24.3 Å². The minimum absolute atomic E-state index is 0.129. The molecule has 0 unspecified atom stereocenters. The number of carboxylic acid groups (broad SMARTS) is 1. The SMILES string of the molecule is O=C(CN1C(=O)CNC1=O)NC1(C(=O)O)CCCCCC1. The Hall–Kier alpha value is -2.12. The van der Waals surface area contributed by atoms with Gasteiger partial charge in [0, 0.05) is 0 Å². The molecule has 0 aromatic heterocycles. The average molecular weight is 297 g/mol. The second-order valence-electron chi connectivity index (χ2n) is 5.49. The number of carbonyl (C=O) groups is 4. The number of nitrogens with one attached hydrogen (secondary N) is 2. The summed E-state index contributed by atoms with van der Waals surface area (Å²) >= 11 is 0. The highest BCUT2D eigenvalue weighted by Crippen LogP contribution is 2.27. The maximum atomic E-state index is 12.0. The third-order valence-electron chi connectivity index (χ3n) is 3.98. The molecule has 8 heteroatoms. The minimum atomic E-state index is -1.28. The molecule has 8 nitrogen and oxygen atoms in total. The molecule has 2 rings (SSSR count). The Morgan fingerprint density at radius 2 is 1.81 bits per heavy atom. The number of amides is 4. The summed E-state index contributed by atoms with van der Waals surface area (Å²) in [4.78, 5) is 47.2. The lowest BCUT2D eigenvalue weighted by Crippen LogP contribution is -2.56. The predicted octanol–water partition coefficient (Wildman–Crippen LogP) is -0.168. The van der Waals surface area contributed by atoms with E-state index in [1.807, 2.05) is 0 Å². The van der Waals surface area contributed by atoms with Crippen LogP contribution >= 0.6 is 0 Å². The van der Waals surface area contributed by atoms with Crippen LogP contribution in [0.3, 0.4) is 0 Å². The van der Waals surface area contributed by atoms with Gasteiger partial charge in [-0.05, 0) is 12.8 Å². The first-order valence-corrected chi connectivity index (χ1v) is 7.07. The van der Waals surface area contributed by atoms with Gasteiger partial charge in [-0.3, -0.25) is 14.5 Å². The number of urea groups is 1. The van der Waals surface area contributed by atoms with Crippen LogP contribution in [0.1, 0.15) is 38.5 Å². The molecule has 116 valence electrons. The van der Waals surface area contributed by atoms with Gasteiger partial charge in [0.05, 0.1) is 6.54 Å². The topological polar surface area (TPSA) is 116 Å². The molecule has 0 aromatic rings. The summed E-state index contributed by atoms with van der Waals surface area (Å²) in [6, 6.07) is -0.625. The van der Waals surface area contributed by atoms with Crippen molar-refractivity contribution in [2.45, 2.75) is 44.1 Å². The Morgan fingerprint density at radius 1 is 1.19 bits per heavy atom. The number of carboxylic acids is 1. The molecule has 0 aromatic carbocycles. The van der Waals surface area contributed by atoms with Gasteiger partial charge >= 0.3 is 12.0 Å². The smallest absolute Gasteiger partial charge is 0.329 e. The van der Waals surface area contributed by atoms with Crippen molar-refractivity contribution in [1.29, 1.82) is 0 Å². The van der Waals surface area contributed by atoms with Gasteiger partial charge in [0.25, 0.3) is 5.91 Å². The predicted molar refractivity (Wildman–Crippen MR) is 71.3 cm³/mol. The first-order valence-electron chi connectivity index (χ1n) is 7.07. The Labute approximate surface area is 121 Å². The largest absolute Gasteiger partial charge is 0.480 e. The molecule has 2 aliphatic rings. The van der Waals surface area contributed by atoms with Gasteiger partial charge in [-0.15, -0.1) is 0 Å². The van der Waals surface area contributed by atoms with E-state index in [4.69, 9.17) is 0 Å². The quantitative estimate of drug-likeness (QED) is 0.492.